The van der Waals surface area contributed by atoms with Gasteiger partial charge < -0.3 is 30.4 Å². The van der Waals surface area contributed by atoms with E-state index in [2.05, 4.69) is 42.2 Å². The molecule has 0 saturated heterocycles. The van der Waals surface area contributed by atoms with Crippen LogP contribution in [0.5, 0.6) is 0 Å². The molecule has 1 unspecified atom stereocenters. The Balaban J connectivity index is 2.22. The van der Waals surface area contributed by atoms with Crippen LogP contribution in [-0.2, 0) is 32.8 Å². The smallest absolute Gasteiger partial charge is 0.287 e. The van der Waals surface area contributed by atoms with Gasteiger partial charge in [0.05, 0.1) is 12.5 Å². The average Bonchev–Trinajstić information content (AvgIpc) is 3.34. The van der Waals surface area contributed by atoms with Crippen LogP contribution >= 0.6 is 15.9 Å². The molecule has 0 aliphatic carbocycles. The lowest BCUT2D eigenvalue weighted by molar-refractivity contribution is -0.137. The first-order chi connectivity index (χ1) is 18.5. The number of anilines is 1. The number of nitrogens with zero attached hydrogens (tertiary/aromatic N) is 3. The van der Waals surface area contributed by atoms with Crippen LogP contribution in [0.15, 0.2) is 34.1 Å². The largest absolute Gasteiger partial charge is 0.354 e. The van der Waals surface area contributed by atoms with Gasteiger partial charge in [0, 0.05) is 37.7 Å². The fourth-order valence-electron chi connectivity index (χ4n) is 3.68. The number of aryl methyl sites for hydroxylation is 1. The lowest BCUT2D eigenvalue weighted by atomic mass is 10.0. The van der Waals surface area contributed by atoms with E-state index >= 15 is 0 Å². The maximum atomic E-state index is 13.2. The van der Waals surface area contributed by atoms with Crippen molar-refractivity contribution >= 4 is 51.0 Å². The van der Waals surface area contributed by atoms with Crippen molar-refractivity contribution in [3.8, 4) is 0 Å². The average molecular weight is 608 g/mol. The highest BCUT2D eigenvalue weighted by Gasteiger charge is 2.26. The normalized spacial score (nSPS) is 11.5. The molecule has 2 heterocycles. The number of pyridine rings is 1. The van der Waals surface area contributed by atoms with Gasteiger partial charge in [0.15, 0.2) is 0 Å². The molecule has 0 saturated carbocycles. The number of likely N-dealkylation sites (N-methyl/N-ethyl adjacent to an activating group) is 1. The van der Waals surface area contributed by atoms with E-state index in [1.54, 1.807) is 7.05 Å². The molecular weight excluding hydrogens is 574 g/mol. The minimum absolute atomic E-state index is 0.139. The van der Waals surface area contributed by atoms with Crippen molar-refractivity contribution in [1.82, 2.24) is 30.1 Å². The van der Waals surface area contributed by atoms with Gasteiger partial charge in [-0.3, -0.25) is 28.8 Å². The van der Waals surface area contributed by atoms with Gasteiger partial charge in [-0.1, -0.05) is 26.7 Å². The predicted octanol–water partition coefficient (Wildman–Crippen LogP) is 0.729. The molecule has 0 bridgehead atoms. The van der Waals surface area contributed by atoms with Gasteiger partial charge >= 0.3 is 0 Å². The Kier molecular flexibility index (Phi) is 12.0. The summed E-state index contributed by atoms with van der Waals surface area (Å²) in [5, 5.41) is 10.0. The fraction of sp³-hybridized carbons (Fsp3) is 0.480. The summed E-state index contributed by atoms with van der Waals surface area (Å²) in [6.45, 7) is 4.30. The zero-order valence-electron chi connectivity index (χ0n) is 22.4. The third kappa shape index (κ3) is 9.16. The van der Waals surface area contributed by atoms with Crippen molar-refractivity contribution in [2.75, 3.05) is 18.9 Å². The number of carbonyl (C=O) groups is 5. The summed E-state index contributed by atoms with van der Waals surface area (Å²) >= 11 is 3.29. The number of hydrogen-bond donors (Lipinski definition) is 4. The summed E-state index contributed by atoms with van der Waals surface area (Å²) in [4.78, 5) is 79.0. The topological polar surface area (TPSA) is 173 Å². The van der Waals surface area contributed by atoms with Crippen LogP contribution in [0.25, 0.3) is 0 Å². The van der Waals surface area contributed by atoms with Gasteiger partial charge in [-0.25, -0.2) is 4.98 Å². The third-order valence-corrected chi connectivity index (χ3v) is 6.61. The van der Waals surface area contributed by atoms with Gasteiger partial charge in [0.2, 0.25) is 17.6 Å². The van der Waals surface area contributed by atoms with E-state index in [0.717, 1.165) is 17.4 Å². The van der Waals surface area contributed by atoms with E-state index in [0.29, 0.717) is 16.9 Å². The van der Waals surface area contributed by atoms with E-state index in [1.165, 1.54) is 36.4 Å². The Morgan fingerprint density at radius 2 is 1.82 bits per heavy atom. The van der Waals surface area contributed by atoms with Crippen molar-refractivity contribution in [2.24, 2.45) is 13.0 Å². The number of rotatable bonds is 14. The Labute approximate surface area is 234 Å². The van der Waals surface area contributed by atoms with Gasteiger partial charge in [0.25, 0.3) is 17.4 Å². The number of aromatic nitrogens is 3. The number of ketones is 1. The van der Waals surface area contributed by atoms with Gasteiger partial charge in [-0.2, -0.15) is 0 Å². The SMILES string of the molecule is CCC(CC)CNC(=O)Cn1cc(Br)cc(NC(=O)C(CCC(=O)C(=O)NC)NC(=O)c2cncn2C)c1=O. The maximum Gasteiger partial charge on any atom is 0.287 e. The third-order valence-electron chi connectivity index (χ3n) is 6.18. The second-order valence-corrected chi connectivity index (χ2v) is 9.85. The number of hydrogen-bond acceptors (Lipinski definition) is 7. The molecule has 2 aromatic heterocycles. The highest BCUT2D eigenvalue weighted by atomic mass is 79.9. The summed E-state index contributed by atoms with van der Waals surface area (Å²) in [6, 6.07) is 0.102. The molecule has 1 atom stereocenters. The number of Topliss-reactive ketones (excluding diaryl/α,β-unsaturated/α-hetero) is 1. The van der Waals surface area contributed by atoms with Gasteiger partial charge in [-0.15, -0.1) is 0 Å². The highest BCUT2D eigenvalue weighted by molar-refractivity contribution is 9.10. The molecule has 2 aromatic rings. The Morgan fingerprint density at radius 3 is 2.41 bits per heavy atom. The lowest BCUT2D eigenvalue weighted by Crippen LogP contribution is -2.45. The van der Waals surface area contributed by atoms with E-state index in [1.807, 2.05) is 13.8 Å². The minimum Gasteiger partial charge on any atom is -0.354 e. The number of carbonyl (C=O) groups excluding carboxylic acids is 5. The molecule has 212 valence electrons. The zero-order chi connectivity index (χ0) is 29.1. The molecule has 13 nitrogen and oxygen atoms in total. The highest BCUT2D eigenvalue weighted by Crippen LogP contribution is 2.14. The van der Waals surface area contributed by atoms with Crippen LogP contribution in [0.2, 0.25) is 0 Å². The standard InChI is InChI=1S/C25H34BrN7O6/c1-5-15(6-2)10-29-21(35)13-33-12-16(26)9-18(25(33)39)31-22(36)17(7-8-20(34)24(38)27-3)30-23(37)19-11-28-14-32(19)4/h9,11-12,14-15,17H,5-8,10,13H2,1-4H3,(H,27,38)(H,29,35)(H,30,37)(H,31,36). The lowest BCUT2D eigenvalue weighted by Gasteiger charge is -2.19. The molecule has 0 aliphatic rings. The minimum atomic E-state index is -1.27. The quantitative estimate of drug-likeness (QED) is 0.229. The number of halogens is 1. The molecule has 4 N–H and O–H groups in total. The summed E-state index contributed by atoms with van der Waals surface area (Å²) in [6.07, 6.45) is 5.43. The monoisotopic (exact) mass is 607 g/mol. The van der Waals surface area contributed by atoms with Crippen molar-refractivity contribution < 1.29 is 24.0 Å². The molecule has 0 aliphatic heterocycles. The number of imidazole rings is 1. The summed E-state index contributed by atoms with van der Waals surface area (Å²) < 4.78 is 3.03. The maximum absolute atomic E-state index is 13.2. The van der Waals surface area contributed by atoms with E-state index in [-0.39, 0.29) is 36.7 Å². The second-order valence-electron chi connectivity index (χ2n) is 8.94. The van der Waals surface area contributed by atoms with E-state index in [9.17, 15) is 28.8 Å². The predicted molar refractivity (Wildman–Crippen MR) is 147 cm³/mol. The molecule has 0 radical (unpaired) electrons. The second kappa shape index (κ2) is 15.0. The first kappa shape index (κ1) is 31.4. The zero-order valence-corrected chi connectivity index (χ0v) is 24.0. The van der Waals surface area contributed by atoms with Crippen molar-refractivity contribution in [2.45, 2.75) is 52.1 Å². The van der Waals surface area contributed by atoms with Crippen molar-refractivity contribution in [1.29, 1.82) is 0 Å². The van der Waals surface area contributed by atoms with Crippen LogP contribution in [0.4, 0.5) is 5.69 Å². The first-order valence-electron chi connectivity index (χ1n) is 12.5. The Bertz CT molecular complexity index is 1270. The molecule has 2 rings (SSSR count). The molecule has 0 aromatic carbocycles. The molecule has 0 fully saturated rings. The Morgan fingerprint density at radius 1 is 1.13 bits per heavy atom. The molecule has 14 heteroatoms. The molecule has 0 spiro atoms. The van der Waals surface area contributed by atoms with E-state index in [4.69, 9.17) is 0 Å². The van der Waals surface area contributed by atoms with Gasteiger partial charge in [-0.05, 0) is 34.3 Å². The van der Waals surface area contributed by atoms with Crippen LogP contribution < -0.4 is 26.8 Å². The van der Waals surface area contributed by atoms with Crippen molar-refractivity contribution in [3.63, 3.8) is 0 Å². The Hall–Kier alpha value is -3.81. The summed E-state index contributed by atoms with van der Waals surface area (Å²) in [7, 11) is 2.90. The number of amides is 4. The molecule has 4 amide bonds. The van der Waals surface area contributed by atoms with Gasteiger partial charge in [0.1, 0.15) is 24.0 Å². The van der Waals surface area contributed by atoms with Crippen LogP contribution in [0, 0.1) is 5.92 Å². The van der Waals surface area contributed by atoms with Crippen LogP contribution in [-0.4, -0.2) is 63.2 Å². The molecule has 39 heavy (non-hydrogen) atoms. The first-order valence-corrected chi connectivity index (χ1v) is 13.3. The fourth-order valence-corrected chi connectivity index (χ4v) is 4.15. The summed E-state index contributed by atoms with van der Waals surface area (Å²) in [5.41, 5.74) is -0.614. The van der Waals surface area contributed by atoms with Crippen LogP contribution in [0.1, 0.15) is 50.0 Å². The molecular formula is C25H34BrN7O6. The summed E-state index contributed by atoms with van der Waals surface area (Å²) in [5.74, 6) is -3.04. The van der Waals surface area contributed by atoms with E-state index < -0.39 is 35.1 Å². The van der Waals surface area contributed by atoms with Crippen molar-refractivity contribution in [3.05, 3.63) is 45.3 Å². The number of nitrogens with one attached hydrogen (secondary N) is 4. The van der Waals surface area contributed by atoms with Crippen LogP contribution in [0.3, 0.4) is 0 Å².